The molecule has 1 aliphatic heterocycles. The van der Waals surface area contributed by atoms with Gasteiger partial charge in [0.2, 0.25) is 5.91 Å². The van der Waals surface area contributed by atoms with Crippen molar-refractivity contribution in [1.29, 1.82) is 0 Å². The van der Waals surface area contributed by atoms with Crippen LogP contribution >= 0.6 is 0 Å². The van der Waals surface area contributed by atoms with Crippen LogP contribution in [0.4, 0.5) is 4.79 Å². The molecule has 2 amide bonds. The molecule has 3 N–H and O–H groups in total. The van der Waals surface area contributed by atoms with Crippen LogP contribution in [0.15, 0.2) is 12.2 Å². The van der Waals surface area contributed by atoms with Crippen molar-refractivity contribution in [3.8, 4) is 0 Å². The van der Waals surface area contributed by atoms with Gasteiger partial charge >= 0.3 is 12.1 Å². The summed E-state index contributed by atoms with van der Waals surface area (Å²) < 4.78 is 10.9. The molecule has 5 unspecified atom stereocenters. The molecule has 5 rings (SSSR count). The Morgan fingerprint density at radius 3 is 2.16 bits per heavy atom. The maximum absolute atomic E-state index is 13.0. The molecule has 10 atom stereocenters. The van der Waals surface area contributed by atoms with Crippen molar-refractivity contribution >= 4 is 18.0 Å². The average molecular weight is 768 g/mol. The van der Waals surface area contributed by atoms with E-state index in [1.165, 1.54) is 136 Å². The van der Waals surface area contributed by atoms with E-state index in [-0.39, 0.29) is 36.2 Å². The number of unbranched alkanes of at least 4 members (excludes halogenated alkanes) is 12. The standard InChI is InChI=1S/C47H81N3O5/c1-5-6-7-8-9-10-11-12-13-14-15-16-17-18-19-20-31-48-45(53)55-38-27-29-47(3)36(32-38)21-24-39-40-25-22-35(46(40,2)30-28-41(39)47)23-26-43(51)50-37-33-42(49-34-37)44(52)54-4/h12-13,35-42,49H,5-11,14-34H2,1-4H3,(H,48,53)(H,50,51)/b13-12-/t35?,36?,37-,38+,39?,40?,41?,42-,46+,47-/m0/s1. The number of carbonyl (C=O) groups is 3. The highest BCUT2D eigenvalue weighted by Gasteiger charge is 2.60. The zero-order valence-electron chi connectivity index (χ0n) is 35.6. The van der Waals surface area contributed by atoms with Gasteiger partial charge in [-0.05, 0) is 143 Å². The molecule has 0 aromatic rings. The predicted octanol–water partition coefficient (Wildman–Crippen LogP) is 10.6. The summed E-state index contributed by atoms with van der Waals surface area (Å²) in [6.45, 7) is 8.76. The van der Waals surface area contributed by atoms with Gasteiger partial charge < -0.3 is 25.4 Å². The van der Waals surface area contributed by atoms with Gasteiger partial charge in [0.1, 0.15) is 12.1 Å². The molecule has 0 aromatic carbocycles. The summed E-state index contributed by atoms with van der Waals surface area (Å²) in [6, 6.07) is -0.322. The smallest absolute Gasteiger partial charge is 0.407 e. The molecule has 4 saturated carbocycles. The molecular formula is C47H81N3O5. The fraction of sp³-hybridized carbons (Fsp3) is 0.894. The van der Waals surface area contributed by atoms with Crippen LogP contribution in [-0.2, 0) is 19.1 Å². The van der Waals surface area contributed by atoms with Crippen LogP contribution in [0.5, 0.6) is 0 Å². The van der Waals surface area contributed by atoms with Crippen molar-refractivity contribution in [2.24, 2.45) is 40.4 Å². The lowest BCUT2D eigenvalue weighted by Crippen LogP contribution is -2.54. The van der Waals surface area contributed by atoms with E-state index in [4.69, 9.17) is 9.47 Å². The number of fused-ring (bicyclic) bond motifs is 5. The Hall–Kier alpha value is -2.09. The summed E-state index contributed by atoms with van der Waals surface area (Å²) >= 11 is 0. The van der Waals surface area contributed by atoms with Gasteiger partial charge in [-0.15, -0.1) is 0 Å². The Kier molecular flexibility index (Phi) is 17.7. The highest BCUT2D eigenvalue weighted by Crippen LogP contribution is 2.68. The first-order valence-electron chi connectivity index (χ1n) is 23.4. The highest BCUT2D eigenvalue weighted by atomic mass is 16.6. The average Bonchev–Trinajstić information content (AvgIpc) is 3.78. The lowest BCUT2D eigenvalue weighted by atomic mass is 9.44. The minimum Gasteiger partial charge on any atom is -0.468 e. The number of hydrogen-bond acceptors (Lipinski definition) is 6. The van der Waals surface area contributed by atoms with Crippen molar-refractivity contribution in [3.05, 3.63) is 12.2 Å². The second-order valence-electron chi connectivity index (χ2n) is 19.2. The van der Waals surface area contributed by atoms with E-state index < -0.39 is 0 Å². The maximum atomic E-state index is 13.0. The molecule has 314 valence electrons. The summed E-state index contributed by atoms with van der Waals surface area (Å²) in [6.07, 6.45) is 35.8. The number of alkyl carbamates (subject to hydrolysis) is 1. The van der Waals surface area contributed by atoms with E-state index in [0.29, 0.717) is 42.1 Å². The number of amides is 2. The molecule has 5 aliphatic rings. The Bertz CT molecular complexity index is 1220. The highest BCUT2D eigenvalue weighted by molar-refractivity contribution is 5.78. The van der Waals surface area contributed by atoms with Crippen molar-refractivity contribution in [2.45, 2.75) is 206 Å². The molecule has 8 heteroatoms. The molecule has 0 spiro atoms. The number of ether oxygens (including phenoxy) is 2. The lowest BCUT2D eigenvalue weighted by molar-refractivity contribution is -0.142. The number of methoxy groups -OCH3 is 1. The number of esters is 1. The maximum Gasteiger partial charge on any atom is 0.407 e. The van der Waals surface area contributed by atoms with Crippen LogP contribution in [0.2, 0.25) is 0 Å². The van der Waals surface area contributed by atoms with Crippen molar-refractivity contribution in [2.75, 3.05) is 20.2 Å². The Morgan fingerprint density at radius 2 is 1.44 bits per heavy atom. The van der Waals surface area contributed by atoms with Gasteiger partial charge in [0.05, 0.1) is 7.11 Å². The van der Waals surface area contributed by atoms with E-state index in [1.807, 2.05) is 0 Å². The minimum absolute atomic E-state index is 0.00300. The third-order valence-corrected chi connectivity index (χ3v) is 15.7. The van der Waals surface area contributed by atoms with Gasteiger partial charge in [-0.25, -0.2) is 4.79 Å². The zero-order chi connectivity index (χ0) is 39.1. The lowest BCUT2D eigenvalue weighted by Gasteiger charge is -2.61. The number of hydrogen-bond donors (Lipinski definition) is 3. The first-order chi connectivity index (χ1) is 26.7. The van der Waals surface area contributed by atoms with Crippen LogP contribution in [0, 0.1) is 40.4 Å². The van der Waals surface area contributed by atoms with E-state index >= 15 is 0 Å². The third-order valence-electron chi connectivity index (χ3n) is 15.7. The van der Waals surface area contributed by atoms with Crippen LogP contribution in [0.25, 0.3) is 0 Å². The van der Waals surface area contributed by atoms with Crippen LogP contribution in [0.3, 0.4) is 0 Å². The third kappa shape index (κ3) is 12.2. The number of rotatable bonds is 22. The van der Waals surface area contributed by atoms with Gasteiger partial charge in [-0.1, -0.05) is 90.7 Å². The van der Waals surface area contributed by atoms with Crippen LogP contribution in [0.1, 0.15) is 188 Å². The first-order valence-corrected chi connectivity index (χ1v) is 23.4. The zero-order valence-corrected chi connectivity index (χ0v) is 35.6. The Balaban J connectivity index is 0.925. The second kappa shape index (κ2) is 22.2. The SMILES string of the molecule is CCCCCCCC/C=C\CCCCCCCCNC(=O)O[C@@H]1CC[C@@]2(C)C(CCC3C2CC[C@]2(C)C(CCC(=O)N[C@@H]4CN[C@H](C(=O)OC)C4)CCC32)C1. The molecule has 0 bridgehead atoms. The van der Waals surface area contributed by atoms with Gasteiger partial charge in [0.15, 0.2) is 0 Å². The molecule has 1 heterocycles. The van der Waals surface area contributed by atoms with Gasteiger partial charge in [0, 0.05) is 25.6 Å². The molecule has 0 aromatic heterocycles. The van der Waals surface area contributed by atoms with Crippen LogP contribution < -0.4 is 16.0 Å². The van der Waals surface area contributed by atoms with E-state index in [1.54, 1.807) is 0 Å². The van der Waals surface area contributed by atoms with E-state index in [9.17, 15) is 14.4 Å². The Labute approximate surface area is 335 Å². The Morgan fingerprint density at radius 1 is 0.764 bits per heavy atom. The van der Waals surface area contributed by atoms with E-state index in [2.05, 4.69) is 48.9 Å². The van der Waals surface area contributed by atoms with E-state index in [0.717, 1.165) is 50.0 Å². The number of carbonyl (C=O) groups excluding carboxylic acids is 3. The van der Waals surface area contributed by atoms with Gasteiger partial charge in [-0.3, -0.25) is 9.59 Å². The number of allylic oxidation sites excluding steroid dienone is 2. The summed E-state index contributed by atoms with van der Waals surface area (Å²) in [4.78, 5) is 37.6. The van der Waals surface area contributed by atoms with Gasteiger partial charge in [0.25, 0.3) is 0 Å². The molecule has 8 nitrogen and oxygen atoms in total. The summed E-state index contributed by atoms with van der Waals surface area (Å²) in [5.74, 6) is 3.44. The largest absolute Gasteiger partial charge is 0.468 e. The quantitative estimate of drug-likeness (QED) is 0.0575. The number of nitrogens with one attached hydrogen (secondary N) is 3. The van der Waals surface area contributed by atoms with Crippen LogP contribution in [-0.4, -0.2) is 56.4 Å². The monoisotopic (exact) mass is 768 g/mol. The molecule has 0 radical (unpaired) electrons. The normalized spacial score (nSPS) is 34.1. The van der Waals surface area contributed by atoms with Crippen molar-refractivity contribution in [3.63, 3.8) is 0 Å². The molecular weight excluding hydrogens is 687 g/mol. The molecule has 55 heavy (non-hydrogen) atoms. The minimum atomic E-state index is -0.319. The molecule has 1 saturated heterocycles. The fourth-order valence-corrected chi connectivity index (χ4v) is 12.4. The molecule has 4 aliphatic carbocycles. The predicted molar refractivity (Wildman–Crippen MR) is 223 cm³/mol. The summed E-state index contributed by atoms with van der Waals surface area (Å²) in [5, 5.41) is 9.42. The summed E-state index contributed by atoms with van der Waals surface area (Å²) in [5.41, 5.74) is 0.678. The first kappa shape index (κ1) is 44.0. The van der Waals surface area contributed by atoms with Crippen molar-refractivity contribution < 1.29 is 23.9 Å². The summed E-state index contributed by atoms with van der Waals surface area (Å²) in [7, 11) is 1.41. The van der Waals surface area contributed by atoms with Crippen molar-refractivity contribution in [1.82, 2.24) is 16.0 Å². The topological polar surface area (TPSA) is 106 Å². The molecule has 5 fully saturated rings. The fourth-order valence-electron chi connectivity index (χ4n) is 12.4. The van der Waals surface area contributed by atoms with Gasteiger partial charge in [-0.2, -0.15) is 0 Å². The second-order valence-corrected chi connectivity index (χ2v) is 19.2.